The Hall–Kier alpha value is -1.35. The van der Waals surface area contributed by atoms with Crippen LogP contribution in [-0.2, 0) is 16.1 Å². The number of hydrogen-bond acceptors (Lipinski definition) is 3. The zero-order valence-corrected chi connectivity index (χ0v) is 9.10. The van der Waals surface area contributed by atoms with Gasteiger partial charge >= 0.3 is 0 Å². The van der Waals surface area contributed by atoms with E-state index in [0.29, 0.717) is 13.2 Å². The van der Waals surface area contributed by atoms with Gasteiger partial charge in [-0.1, -0.05) is 19.1 Å². The largest absolute Gasteiger partial charge is 0.493 e. The van der Waals surface area contributed by atoms with Crippen LogP contribution in [0, 0.1) is 5.92 Å². The second-order valence-electron chi connectivity index (χ2n) is 3.50. The number of carbonyl (C=O) groups is 1. The lowest BCUT2D eigenvalue weighted by Crippen LogP contribution is -2.09. The van der Waals surface area contributed by atoms with E-state index < -0.39 is 0 Å². The molecule has 0 N–H and O–H groups in total. The third-order valence-corrected chi connectivity index (χ3v) is 1.98. The summed E-state index contributed by atoms with van der Waals surface area (Å²) in [7, 11) is 1.66. The van der Waals surface area contributed by atoms with Gasteiger partial charge in [-0.2, -0.15) is 0 Å². The molecule has 1 aromatic rings. The Morgan fingerprint density at radius 1 is 1.33 bits per heavy atom. The fourth-order valence-corrected chi connectivity index (χ4v) is 1.12. The minimum Gasteiger partial charge on any atom is -0.493 e. The minimum atomic E-state index is -0.0661. The summed E-state index contributed by atoms with van der Waals surface area (Å²) in [6, 6.07) is 7.66. The first-order chi connectivity index (χ1) is 7.26. The van der Waals surface area contributed by atoms with Crippen molar-refractivity contribution in [2.45, 2.75) is 13.5 Å². The van der Waals surface area contributed by atoms with Gasteiger partial charge in [0.05, 0.1) is 13.2 Å². The second-order valence-corrected chi connectivity index (χ2v) is 3.50. The molecule has 82 valence electrons. The zero-order chi connectivity index (χ0) is 11.1. The molecule has 3 nitrogen and oxygen atoms in total. The molecule has 0 saturated heterocycles. The van der Waals surface area contributed by atoms with E-state index >= 15 is 0 Å². The maximum absolute atomic E-state index is 10.4. The molecule has 0 bridgehead atoms. The number of carbonyl (C=O) groups excluding carboxylic acids is 1. The summed E-state index contributed by atoms with van der Waals surface area (Å²) < 4.78 is 10.4. The highest BCUT2D eigenvalue weighted by atomic mass is 16.5. The molecule has 0 spiro atoms. The molecule has 3 heteroatoms. The van der Waals surface area contributed by atoms with Crippen LogP contribution in [0.5, 0.6) is 5.75 Å². The van der Waals surface area contributed by atoms with Crippen molar-refractivity contribution in [2.75, 3.05) is 13.7 Å². The number of methoxy groups -OCH3 is 1. The molecule has 0 amide bonds. The standard InChI is InChI=1S/C12H16O3/c1-10(7-13)8-15-12-5-3-11(4-6-12)9-14-2/h3-7,10H,8-9H2,1-2H3. The molecule has 1 aromatic carbocycles. The van der Waals surface area contributed by atoms with Crippen molar-refractivity contribution >= 4 is 6.29 Å². The van der Waals surface area contributed by atoms with Gasteiger partial charge in [-0.25, -0.2) is 0 Å². The molecule has 0 heterocycles. The Bertz CT molecular complexity index is 292. The molecular formula is C12H16O3. The lowest BCUT2D eigenvalue weighted by molar-refractivity contribution is -0.111. The van der Waals surface area contributed by atoms with E-state index in [-0.39, 0.29) is 5.92 Å². The van der Waals surface area contributed by atoms with E-state index in [0.717, 1.165) is 17.6 Å². The zero-order valence-electron chi connectivity index (χ0n) is 9.10. The predicted octanol–water partition coefficient (Wildman–Crippen LogP) is 2.05. The highest BCUT2D eigenvalue weighted by molar-refractivity contribution is 5.52. The monoisotopic (exact) mass is 208 g/mol. The Labute approximate surface area is 90.0 Å². The first kappa shape index (κ1) is 11.7. The normalized spacial score (nSPS) is 12.1. The molecule has 1 rings (SSSR count). The van der Waals surface area contributed by atoms with Crippen LogP contribution in [0.1, 0.15) is 12.5 Å². The number of ether oxygens (including phenoxy) is 2. The molecule has 1 atom stereocenters. The highest BCUT2D eigenvalue weighted by Gasteiger charge is 2.00. The third kappa shape index (κ3) is 4.13. The van der Waals surface area contributed by atoms with Crippen LogP contribution in [0.15, 0.2) is 24.3 Å². The summed E-state index contributed by atoms with van der Waals surface area (Å²) in [5.74, 6) is 0.715. The topological polar surface area (TPSA) is 35.5 Å². The molecule has 1 unspecified atom stereocenters. The lowest BCUT2D eigenvalue weighted by Gasteiger charge is -2.08. The average Bonchev–Trinajstić information content (AvgIpc) is 2.28. The Balaban J connectivity index is 2.45. The van der Waals surface area contributed by atoms with Crippen molar-refractivity contribution in [1.29, 1.82) is 0 Å². The van der Waals surface area contributed by atoms with E-state index in [2.05, 4.69) is 0 Å². The van der Waals surface area contributed by atoms with Crippen LogP contribution in [0.25, 0.3) is 0 Å². The van der Waals surface area contributed by atoms with Crippen molar-refractivity contribution in [3.63, 3.8) is 0 Å². The fourth-order valence-electron chi connectivity index (χ4n) is 1.12. The Morgan fingerprint density at radius 3 is 2.53 bits per heavy atom. The van der Waals surface area contributed by atoms with Gasteiger partial charge in [-0.3, -0.25) is 0 Å². The van der Waals surface area contributed by atoms with Crippen molar-refractivity contribution in [2.24, 2.45) is 5.92 Å². The average molecular weight is 208 g/mol. The van der Waals surface area contributed by atoms with Crippen LogP contribution >= 0.6 is 0 Å². The van der Waals surface area contributed by atoms with E-state index in [1.807, 2.05) is 31.2 Å². The quantitative estimate of drug-likeness (QED) is 0.671. The number of rotatable bonds is 6. The van der Waals surface area contributed by atoms with Crippen molar-refractivity contribution in [1.82, 2.24) is 0 Å². The SMILES string of the molecule is COCc1ccc(OCC(C)C=O)cc1. The van der Waals surface area contributed by atoms with Gasteiger partial charge in [-0.15, -0.1) is 0 Å². The van der Waals surface area contributed by atoms with Gasteiger partial charge in [-0.05, 0) is 17.7 Å². The van der Waals surface area contributed by atoms with Crippen LogP contribution in [0.4, 0.5) is 0 Å². The Kier molecular flexibility index (Phi) is 4.84. The van der Waals surface area contributed by atoms with E-state index in [1.165, 1.54) is 0 Å². The van der Waals surface area contributed by atoms with Crippen molar-refractivity contribution < 1.29 is 14.3 Å². The second kappa shape index (κ2) is 6.19. The fraction of sp³-hybridized carbons (Fsp3) is 0.417. The van der Waals surface area contributed by atoms with Crippen molar-refractivity contribution in [3.05, 3.63) is 29.8 Å². The number of hydrogen-bond donors (Lipinski definition) is 0. The maximum Gasteiger partial charge on any atom is 0.126 e. The van der Waals surface area contributed by atoms with Crippen LogP contribution in [0.3, 0.4) is 0 Å². The van der Waals surface area contributed by atoms with Crippen molar-refractivity contribution in [3.8, 4) is 5.75 Å². The lowest BCUT2D eigenvalue weighted by atomic mass is 10.2. The van der Waals surface area contributed by atoms with Crippen LogP contribution < -0.4 is 4.74 Å². The minimum absolute atomic E-state index is 0.0661. The molecule has 0 saturated carbocycles. The smallest absolute Gasteiger partial charge is 0.126 e. The van der Waals surface area contributed by atoms with Gasteiger partial charge in [0.15, 0.2) is 0 Å². The summed E-state index contributed by atoms with van der Waals surface area (Å²) in [4.78, 5) is 10.4. The highest BCUT2D eigenvalue weighted by Crippen LogP contribution is 2.13. The first-order valence-electron chi connectivity index (χ1n) is 4.92. The van der Waals surface area contributed by atoms with Gasteiger partial charge in [0.2, 0.25) is 0 Å². The molecule has 15 heavy (non-hydrogen) atoms. The van der Waals surface area contributed by atoms with Gasteiger partial charge in [0.1, 0.15) is 12.0 Å². The number of benzene rings is 1. The summed E-state index contributed by atoms with van der Waals surface area (Å²) >= 11 is 0. The summed E-state index contributed by atoms with van der Waals surface area (Å²) in [5, 5.41) is 0. The summed E-state index contributed by atoms with van der Waals surface area (Å²) in [5.41, 5.74) is 1.10. The van der Waals surface area contributed by atoms with Crippen LogP contribution in [0.2, 0.25) is 0 Å². The van der Waals surface area contributed by atoms with E-state index in [4.69, 9.17) is 9.47 Å². The number of aldehydes is 1. The van der Waals surface area contributed by atoms with Gasteiger partial charge < -0.3 is 14.3 Å². The predicted molar refractivity (Wildman–Crippen MR) is 57.9 cm³/mol. The molecule has 0 fully saturated rings. The molecular weight excluding hydrogens is 192 g/mol. The molecule has 0 aliphatic rings. The van der Waals surface area contributed by atoms with E-state index in [9.17, 15) is 4.79 Å². The van der Waals surface area contributed by atoms with Gasteiger partial charge in [0, 0.05) is 13.0 Å². The summed E-state index contributed by atoms with van der Waals surface area (Å²) in [6.45, 7) is 2.85. The van der Waals surface area contributed by atoms with Crippen LogP contribution in [-0.4, -0.2) is 20.0 Å². The van der Waals surface area contributed by atoms with Gasteiger partial charge in [0.25, 0.3) is 0 Å². The molecule has 0 aliphatic carbocycles. The maximum atomic E-state index is 10.4. The molecule has 0 aliphatic heterocycles. The van der Waals surface area contributed by atoms with E-state index in [1.54, 1.807) is 7.11 Å². The summed E-state index contributed by atoms with van der Waals surface area (Å²) in [6.07, 6.45) is 0.888. The third-order valence-electron chi connectivity index (χ3n) is 1.98. The Morgan fingerprint density at radius 2 is 2.00 bits per heavy atom. The first-order valence-corrected chi connectivity index (χ1v) is 4.92. The molecule has 0 radical (unpaired) electrons. The molecule has 0 aromatic heterocycles.